The van der Waals surface area contributed by atoms with Crippen molar-refractivity contribution in [3.8, 4) is 5.75 Å². The standard InChI is InChI=1S/C12H16O/c1-3-5-6-11-7-8-12(13)9-10(11)4-2/h4,6-9,13H,3,5H2,1-2H3/b10-4-,11-6-. The lowest BCUT2D eigenvalue weighted by Crippen LogP contribution is -2.23. The van der Waals surface area contributed by atoms with E-state index in [1.54, 1.807) is 12.1 Å². The molecule has 0 atom stereocenters. The number of hydrogen-bond acceptors (Lipinski definition) is 1. The Bertz CT molecular complexity index is 377. The Balaban J connectivity index is 3.23. The molecule has 0 unspecified atom stereocenters. The molecule has 0 radical (unpaired) electrons. The molecule has 0 aliphatic carbocycles. The van der Waals surface area contributed by atoms with Gasteiger partial charge in [0.25, 0.3) is 0 Å². The molecule has 0 amide bonds. The Hall–Kier alpha value is -1.24. The van der Waals surface area contributed by atoms with Crippen molar-refractivity contribution in [1.29, 1.82) is 0 Å². The first-order chi connectivity index (χ1) is 6.27. The van der Waals surface area contributed by atoms with E-state index in [4.69, 9.17) is 0 Å². The van der Waals surface area contributed by atoms with Crippen molar-refractivity contribution in [1.82, 2.24) is 0 Å². The molecular formula is C12H16O. The third kappa shape index (κ3) is 2.62. The smallest absolute Gasteiger partial charge is 0.116 e. The SMILES string of the molecule is C/C=c1/cc(O)cc/c1=C/CCC. The van der Waals surface area contributed by atoms with Gasteiger partial charge in [0.1, 0.15) is 5.75 Å². The summed E-state index contributed by atoms with van der Waals surface area (Å²) in [6, 6.07) is 5.48. The quantitative estimate of drug-likeness (QED) is 0.728. The van der Waals surface area contributed by atoms with Crippen molar-refractivity contribution in [3.63, 3.8) is 0 Å². The summed E-state index contributed by atoms with van der Waals surface area (Å²) in [5.41, 5.74) is 0. The Labute approximate surface area is 79.0 Å². The van der Waals surface area contributed by atoms with Gasteiger partial charge in [0, 0.05) is 0 Å². The molecule has 0 heterocycles. The molecule has 70 valence electrons. The molecular weight excluding hydrogens is 160 g/mol. The zero-order valence-corrected chi connectivity index (χ0v) is 8.25. The second-order valence-electron chi connectivity index (χ2n) is 3.09. The van der Waals surface area contributed by atoms with Gasteiger partial charge < -0.3 is 5.11 Å². The van der Waals surface area contributed by atoms with Crippen LogP contribution in [0.3, 0.4) is 0 Å². The summed E-state index contributed by atoms with van der Waals surface area (Å²) in [4.78, 5) is 0. The van der Waals surface area contributed by atoms with E-state index in [1.165, 1.54) is 5.22 Å². The largest absolute Gasteiger partial charge is 0.508 e. The fraction of sp³-hybridized carbons (Fsp3) is 0.333. The van der Waals surface area contributed by atoms with Gasteiger partial charge >= 0.3 is 0 Å². The van der Waals surface area contributed by atoms with E-state index in [-0.39, 0.29) is 0 Å². The molecule has 0 saturated carbocycles. The zero-order chi connectivity index (χ0) is 9.68. The van der Waals surface area contributed by atoms with Crippen molar-refractivity contribution < 1.29 is 5.11 Å². The molecule has 13 heavy (non-hydrogen) atoms. The Morgan fingerprint density at radius 3 is 2.69 bits per heavy atom. The third-order valence-corrected chi connectivity index (χ3v) is 2.03. The van der Waals surface area contributed by atoms with Gasteiger partial charge in [-0.3, -0.25) is 0 Å². The van der Waals surface area contributed by atoms with Gasteiger partial charge in [-0.2, -0.15) is 0 Å². The maximum Gasteiger partial charge on any atom is 0.116 e. The predicted octanol–water partition coefficient (Wildman–Crippen LogP) is 1.77. The van der Waals surface area contributed by atoms with Crippen LogP contribution in [-0.2, 0) is 0 Å². The molecule has 1 rings (SSSR count). The topological polar surface area (TPSA) is 20.2 Å². The van der Waals surface area contributed by atoms with Crippen LogP contribution < -0.4 is 10.4 Å². The van der Waals surface area contributed by atoms with E-state index < -0.39 is 0 Å². The van der Waals surface area contributed by atoms with Crippen LogP contribution in [-0.4, -0.2) is 5.11 Å². The highest BCUT2D eigenvalue weighted by atomic mass is 16.3. The number of hydrogen-bond donors (Lipinski definition) is 1. The van der Waals surface area contributed by atoms with Crippen molar-refractivity contribution in [2.75, 3.05) is 0 Å². The Morgan fingerprint density at radius 2 is 2.08 bits per heavy atom. The van der Waals surface area contributed by atoms with Gasteiger partial charge in [0.2, 0.25) is 0 Å². The van der Waals surface area contributed by atoms with Crippen LogP contribution in [0.15, 0.2) is 18.2 Å². The Morgan fingerprint density at radius 1 is 1.31 bits per heavy atom. The molecule has 0 saturated heterocycles. The minimum atomic E-state index is 0.335. The summed E-state index contributed by atoms with van der Waals surface area (Å²) in [6.07, 6.45) is 6.46. The molecule has 0 fully saturated rings. The maximum absolute atomic E-state index is 9.26. The summed E-state index contributed by atoms with van der Waals surface area (Å²) < 4.78 is 0. The van der Waals surface area contributed by atoms with E-state index in [9.17, 15) is 5.11 Å². The van der Waals surface area contributed by atoms with E-state index in [0.717, 1.165) is 18.1 Å². The average Bonchev–Trinajstić information content (AvgIpc) is 2.16. The number of aromatic hydroxyl groups is 1. The highest BCUT2D eigenvalue weighted by molar-refractivity contribution is 5.34. The van der Waals surface area contributed by atoms with Crippen LogP contribution in [0.4, 0.5) is 0 Å². The van der Waals surface area contributed by atoms with Crippen molar-refractivity contribution >= 4 is 12.2 Å². The van der Waals surface area contributed by atoms with E-state index >= 15 is 0 Å². The van der Waals surface area contributed by atoms with Crippen LogP contribution in [0.25, 0.3) is 12.2 Å². The Kier molecular flexibility index (Phi) is 3.56. The second kappa shape index (κ2) is 4.70. The number of rotatable bonds is 2. The lowest BCUT2D eigenvalue weighted by molar-refractivity contribution is 0.474. The van der Waals surface area contributed by atoms with Crippen molar-refractivity contribution in [3.05, 3.63) is 28.6 Å². The minimum absolute atomic E-state index is 0.335. The minimum Gasteiger partial charge on any atom is -0.508 e. The average molecular weight is 176 g/mol. The van der Waals surface area contributed by atoms with Gasteiger partial charge in [-0.25, -0.2) is 0 Å². The number of phenolic OH excluding ortho intramolecular Hbond substituents is 1. The summed E-state index contributed by atoms with van der Waals surface area (Å²) >= 11 is 0. The van der Waals surface area contributed by atoms with Gasteiger partial charge in [0.05, 0.1) is 0 Å². The molecule has 1 N–H and O–H groups in total. The molecule has 0 spiro atoms. The van der Waals surface area contributed by atoms with Crippen LogP contribution in [0, 0.1) is 0 Å². The zero-order valence-electron chi connectivity index (χ0n) is 8.25. The first-order valence-corrected chi connectivity index (χ1v) is 4.73. The maximum atomic E-state index is 9.26. The monoisotopic (exact) mass is 176 g/mol. The predicted molar refractivity (Wildman–Crippen MR) is 56.9 cm³/mol. The normalized spacial score (nSPS) is 13.7. The second-order valence-corrected chi connectivity index (χ2v) is 3.09. The molecule has 0 bridgehead atoms. The lowest BCUT2D eigenvalue weighted by Gasteiger charge is -1.93. The van der Waals surface area contributed by atoms with E-state index in [1.807, 2.05) is 19.1 Å². The van der Waals surface area contributed by atoms with Crippen molar-refractivity contribution in [2.24, 2.45) is 0 Å². The van der Waals surface area contributed by atoms with Crippen molar-refractivity contribution in [2.45, 2.75) is 26.7 Å². The third-order valence-electron chi connectivity index (χ3n) is 2.03. The van der Waals surface area contributed by atoms with E-state index in [0.29, 0.717) is 5.75 Å². The van der Waals surface area contributed by atoms with Crippen LogP contribution in [0.2, 0.25) is 0 Å². The summed E-state index contributed by atoms with van der Waals surface area (Å²) in [5.74, 6) is 0.335. The summed E-state index contributed by atoms with van der Waals surface area (Å²) in [5, 5.41) is 11.6. The number of phenols is 1. The number of benzene rings is 1. The summed E-state index contributed by atoms with van der Waals surface area (Å²) in [6.45, 7) is 4.14. The van der Waals surface area contributed by atoms with E-state index in [2.05, 4.69) is 13.0 Å². The van der Waals surface area contributed by atoms with Gasteiger partial charge in [-0.05, 0) is 35.9 Å². The molecule has 0 aliphatic rings. The van der Waals surface area contributed by atoms with Gasteiger partial charge in [-0.1, -0.05) is 31.6 Å². The van der Waals surface area contributed by atoms with Gasteiger partial charge in [-0.15, -0.1) is 0 Å². The fourth-order valence-electron chi connectivity index (χ4n) is 1.30. The number of unbranched alkanes of at least 4 members (excludes halogenated alkanes) is 1. The molecule has 0 aliphatic heterocycles. The molecule has 1 nitrogen and oxygen atoms in total. The van der Waals surface area contributed by atoms with Crippen LogP contribution >= 0.6 is 0 Å². The fourth-order valence-corrected chi connectivity index (χ4v) is 1.30. The molecule has 1 aromatic rings. The highest BCUT2D eigenvalue weighted by Gasteiger charge is 1.87. The highest BCUT2D eigenvalue weighted by Crippen LogP contribution is 1.98. The first kappa shape index (κ1) is 9.85. The molecule has 1 aromatic carbocycles. The lowest BCUT2D eigenvalue weighted by atomic mass is 10.2. The van der Waals surface area contributed by atoms with Crippen LogP contribution in [0.5, 0.6) is 5.75 Å². The summed E-state index contributed by atoms with van der Waals surface area (Å²) in [7, 11) is 0. The molecule has 1 heteroatoms. The van der Waals surface area contributed by atoms with Gasteiger partial charge in [0.15, 0.2) is 0 Å². The van der Waals surface area contributed by atoms with Crippen LogP contribution in [0.1, 0.15) is 26.7 Å². The first-order valence-electron chi connectivity index (χ1n) is 4.73. The molecule has 0 aromatic heterocycles.